The molecule has 0 aliphatic rings. The zero-order valence-corrected chi connectivity index (χ0v) is 10.7. The van der Waals surface area contributed by atoms with Crippen LogP contribution in [0.3, 0.4) is 0 Å². The summed E-state index contributed by atoms with van der Waals surface area (Å²) >= 11 is 0. The number of hydrogen-bond donors (Lipinski definition) is 1. The number of pyridine rings is 1. The second kappa shape index (κ2) is 6.21. The van der Waals surface area contributed by atoms with Gasteiger partial charge in [-0.05, 0) is 23.8 Å². The first kappa shape index (κ1) is 12.6. The van der Waals surface area contributed by atoms with Gasteiger partial charge in [-0.3, -0.25) is 0 Å². The molecule has 18 heavy (non-hydrogen) atoms. The summed E-state index contributed by atoms with van der Waals surface area (Å²) in [7, 11) is 0. The average molecular weight is 246 g/mol. The first-order chi connectivity index (χ1) is 8.74. The summed E-state index contributed by atoms with van der Waals surface area (Å²) in [5.41, 5.74) is 1.16. The highest BCUT2D eigenvalue weighted by molar-refractivity contribution is 5.20. The Morgan fingerprint density at radius 1 is 1.39 bits per heavy atom. The number of rotatable bonds is 6. The van der Waals surface area contributed by atoms with Crippen molar-refractivity contribution in [2.75, 3.05) is 0 Å². The van der Waals surface area contributed by atoms with Gasteiger partial charge in [0.05, 0.1) is 6.26 Å². The summed E-state index contributed by atoms with van der Waals surface area (Å²) in [6, 6.07) is 8.11. The van der Waals surface area contributed by atoms with Gasteiger partial charge in [0.15, 0.2) is 0 Å². The van der Waals surface area contributed by atoms with Crippen molar-refractivity contribution in [3.63, 3.8) is 0 Å². The predicted octanol–water partition coefficient (Wildman–Crippen LogP) is 2.75. The monoisotopic (exact) mass is 246 g/mol. The molecule has 0 spiro atoms. The van der Waals surface area contributed by atoms with Gasteiger partial charge in [0.2, 0.25) is 5.88 Å². The van der Waals surface area contributed by atoms with Crippen LogP contribution >= 0.6 is 0 Å². The van der Waals surface area contributed by atoms with Gasteiger partial charge in [0.1, 0.15) is 12.4 Å². The molecule has 0 unspecified atom stereocenters. The highest BCUT2D eigenvalue weighted by Crippen LogP contribution is 2.12. The highest BCUT2D eigenvalue weighted by atomic mass is 16.5. The Labute approximate surface area is 107 Å². The van der Waals surface area contributed by atoms with Crippen molar-refractivity contribution >= 4 is 0 Å². The fourth-order valence-corrected chi connectivity index (χ4v) is 1.50. The lowest BCUT2D eigenvalue weighted by Crippen LogP contribution is -2.21. The lowest BCUT2D eigenvalue weighted by Gasteiger charge is -2.09. The van der Waals surface area contributed by atoms with Gasteiger partial charge >= 0.3 is 0 Å². The Balaban J connectivity index is 1.90. The third-order valence-electron chi connectivity index (χ3n) is 2.46. The zero-order valence-electron chi connectivity index (χ0n) is 10.7. The van der Waals surface area contributed by atoms with E-state index in [1.807, 2.05) is 24.3 Å². The zero-order chi connectivity index (χ0) is 12.8. The summed E-state index contributed by atoms with van der Waals surface area (Å²) in [5, 5.41) is 3.36. The Bertz CT molecular complexity index is 466. The van der Waals surface area contributed by atoms with Gasteiger partial charge in [-0.2, -0.15) is 0 Å². The molecule has 96 valence electrons. The quantitative estimate of drug-likeness (QED) is 0.851. The third kappa shape index (κ3) is 3.89. The van der Waals surface area contributed by atoms with Crippen LogP contribution < -0.4 is 10.1 Å². The molecule has 0 bridgehead atoms. The maximum atomic E-state index is 5.57. The van der Waals surface area contributed by atoms with Crippen LogP contribution in [0.1, 0.15) is 25.2 Å². The van der Waals surface area contributed by atoms with Crippen LogP contribution in [0.5, 0.6) is 5.88 Å². The minimum atomic E-state index is 0.404. The molecular weight excluding hydrogens is 228 g/mol. The third-order valence-corrected chi connectivity index (χ3v) is 2.46. The fraction of sp³-hybridized carbons (Fsp3) is 0.357. The molecular formula is C14H18N2O2. The molecule has 0 aliphatic heterocycles. The molecule has 2 aromatic rings. The largest absolute Gasteiger partial charge is 0.469 e. The molecule has 2 heterocycles. The molecule has 1 N–H and O–H groups in total. The van der Waals surface area contributed by atoms with E-state index < -0.39 is 0 Å². The Hall–Kier alpha value is -1.81. The number of nitrogens with one attached hydrogen (secondary N) is 1. The van der Waals surface area contributed by atoms with Crippen LogP contribution in [-0.4, -0.2) is 11.0 Å². The smallest absolute Gasteiger partial charge is 0.213 e. The van der Waals surface area contributed by atoms with Crippen molar-refractivity contribution in [2.24, 2.45) is 0 Å². The Morgan fingerprint density at radius 3 is 3.00 bits per heavy atom. The number of hydrogen-bond acceptors (Lipinski definition) is 4. The predicted molar refractivity (Wildman–Crippen MR) is 69.3 cm³/mol. The maximum absolute atomic E-state index is 5.57. The fourth-order valence-electron chi connectivity index (χ4n) is 1.50. The summed E-state index contributed by atoms with van der Waals surface area (Å²) in [6.45, 7) is 5.46. The maximum Gasteiger partial charge on any atom is 0.213 e. The van der Waals surface area contributed by atoms with Crippen LogP contribution in [0.15, 0.2) is 41.1 Å². The molecule has 0 radical (unpaired) electrons. The van der Waals surface area contributed by atoms with E-state index in [4.69, 9.17) is 9.15 Å². The van der Waals surface area contributed by atoms with Crippen molar-refractivity contribution in [3.05, 3.63) is 48.0 Å². The van der Waals surface area contributed by atoms with Crippen LogP contribution in [0.2, 0.25) is 0 Å². The van der Waals surface area contributed by atoms with E-state index in [2.05, 4.69) is 24.1 Å². The van der Waals surface area contributed by atoms with Crippen molar-refractivity contribution < 1.29 is 9.15 Å². The lowest BCUT2D eigenvalue weighted by atomic mass is 10.2. The number of aromatic nitrogens is 1. The first-order valence-electron chi connectivity index (χ1n) is 6.07. The normalized spacial score (nSPS) is 10.8. The van der Waals surface area contributed by atoms with E-state index in [0.717, 1.165) is 17.9 Å². The molecule has 2 aromatic heterocycles. The second-order valence-electron chi connectivity index (χ2n) is 4.41. The molecule has 0 atom stereocenters. The molecule has 0 amide bonds. The van der Waals surface area contributed by atoms with Crippen molar-refractivity contribution in [2.45, 2.75) is 33.0 Å². The number of furan rings is 1. The Morgan fingerprint density at radius 2 is 2.28 bits per heavy atom. The van der Waals surface area contributed by atoms with Gasteiger partial charge < -0.3 is 14.5 Å². The topological polar surface area (TPSA) is 47.3 Å². The average Bonchev–Trinajstić information content (AvgIpc) is 2.87. The van der Waals surface area contributed by atoms with E-state index in [1.165, 1.54) is 0 Å². The summed E-state index contributed by atoms with van der Waals surface area (Å²) < 4.78 is 10.8. The second-order valence-corrected chi connectivity index (χ2v) is 4.41. The van der Waals surface area contributed by atoms with Crippen molar-refractivity contribution in [1.82, 2.24) is 10.3 Å². The molecule has 0 aliphatic carbocycles. The first-order valence-corrected chi connectivity index (χ1v) is 6.07. The van der Waals surface area contributed by atoms with Gasteiger partial charge in [-0.1, -0.05) is 13.8 Å². The minimum absolute atomic E-state index is 0.404. The standard InChI is InChI=1S/C14H18N2O2/c1-11(2)16-9-12-5-6-15-14(8-12)18-10-13-4-3-7-17-13/h3-8,11,16H,9-10H2,1-2H3. The molecule has 2 rings (SSSR count). The number of ether oxygens (including phenoxy) is 1. The Kier molecular flexibility index (Phi) is 4.36. The van der Waals surface area contributed by atoms with Gasteiger partial charge in [0, 0.05) is 24.8 Å². The summed E-state index contributed by atoms with van der Waals surface area (Å²) in [6.07, 6.45) is 3.39. The van der Waals surface area contributed by atoms with Crippen LogP contribution in [-0.2, 0) is 13.2 Å². The summed E-state index contributed by atoms with van der Waals surface area (Å²) in [4.78, 5) is 4.17. The van der Waals surface area contributed by atoms with E-state index in [0.29, 0.717) is 18.5 Å². The SMILES string of the molecule is CC(C)NCc1ccnc(OCc2ccco2)c1. The lowest BCUT2D eigenvalue weighted by molar-refractivity contribution is 0.260. The van der Waals surface area contributed by atoms with Crippen LogP contribution in [0.4, 0.5) is 0 Å². The van der Waals surface area contributed by atoms with E-state index in [9.17, 15) is 0 Å². The molecule has 0 saturated heterocycles. The van der Waals surface area contributed by atoms with E-state index in [-0.39, 0.29) is 0 Å². The highest BCUT2D eigenvalue weighted by Gasteiger charge is 2.01. The summed E-state index contributed by atoms with van der Waals surface area (Å²) in [5.74, 6) is 1.41. The van der Waals surface area contributed by atoms with Crippen LogP contribution in [0.25, 0.3) is 0 Å². The van der Waals surface area contributed by atoms with Crippen LogP contribution in [0, 0.1) is 0 Å². The molecule has 4 nitrogen and oxygen atoms in total. The minimum Gasteiger partial charge on any atom is -0.469 e. The number of nitrogens with zero attached hydrogens (tertiary/aromatic N) is 1. The van der Waals surface area contributed by atoms with Crippen molar-refractivity contribution in [1.29, 1.82) is 0 Å². The molecule has 4 heteroatoms. The van der Waals surface area contributed by atoms with Crippen molar-refractivity contribution in [3.8, 4) is 5.88 Å². The molecule has 0 saturated carbocycles. The van der Waals surface area contributed by atoms with E-state index in [1.54, 1.807) is 12.5 Å². The van der Waals surface area contributed by atoms with E-state index >= 15 is 0 Å². The molecule has 0 aromatic carbocycles. The van der Waals surface area contributed by atoms with Gasteiger partial charge in [-0.25, -0.2) is 4.98 Å². The van der Waals surface area contributed by atoms with Gasteiger partial charge in [-0.15, -0.1) is 0 Å². The molecule has 0 fully saturated rings. The van der Waals surface area contributed by atoms with Gasteiger partial charge in [0.25, 0.3) is 0 Å².